The highest BCUT2D eigenvalue weighted by atomic mass is 32.2. The van der Waals surface area contributed by atoms with Crippen molar-refractivity contribution in [2.24, 2.45) is 0 Å². The van der Waals surface area contributed by atoms with Crippen LogP contribution < -0.4 is 16.4 Å². The number of benzene rings is 1. The molecule has 0 spiro atoms. The van der Waals surface area contributed by atoms with E-state index in [1.807, 2.05) is 30.3 Å². The SMILES string of the molecule is C[C@H](Sc1nc(N)cc(N)n1)C(=O)N(C)c1ccccc1. The number of hydrogen-bond donors (Lipinski definition) is 2. The Kier molecular flexibility index (Phi) is 4.64. The molecule has 0 aliphatic carbocycles. The van der Waals surface area contributed by atoms with Gasteiger partial charge in [-0.05, 0) is 19.1 Å². The van der Waals surface area contributed by atoms with Crippen molar-refractivity contribution >= 4 is 35.0 Å². The maximum Gasteiger partial charge on any atom is 0.240 e. The summed E-state index contributed by atoms with van der Waals surface area (Å²) in [6.45, 7) is 1.80. The van der Waals surface area contributed by atoms with Crippen LogP contribution in [0.1, 0.15) is 6.92 Å². The fourth-order valence-electron chi connectivity index (χ4n) is 1.77. The zero-order valence-electron chi connectivity index (χ0n) is 11.9. The van der Waals surface area contributed by atoms with Crippen LogP contribution in [-0.4, -0.2) is 28.2 Å². The fraction of sp³-hybridized carbons (Fsp3) is 0.214. The third-order valence-corrected chi connectivity index (χ3v) is 3.80. The van der Waals surface area contributed by atoms with E-state index in [1.165, 1.54) is 17.8 Å². The first-order valence-electron chi connectivity index (χ1n) is 6.36. The van der Waals surface area contributed by atoms with E-state index in [-0.39, 0.29) is 11.2 Å². The predicted molar refractivity (Wildman–Crippen MR) is 86.0 cm³/mol. The van der Waals surface area contributed by atoms with Gasteiger partial charge in [0.05, 0.1) is 5.25 Å². The molecule has 110 valence electrons. The van der Waals surface area contributed by atoms with Crippen molar-refractivity contribution < 1.29 is 4.79 Å². The Labute approximate surface area is 127 Å². The molecule has 0 bridgehead atoms. The topological polar surface area (TPSA) is 98.1 Å². The van der Waals surface area contributed by atoms with Crippen LogP contribution in [0.2, 0.25) is 0 Å². The molecule has 0 fully saturated rings. The number of rotatable bonds is 4. The number of nitrogens with two attached hydrogens (primary N) is 2. The molecule has 6 nitrogen and oxygen atoms in total. The van der Waals surface area contributed by atoms with Gasteiger partial charge < -0.3 is 16.4 Å². The third-order valence-electron chi connectivity index (χ3n) is 2.85. The highest BCUT2D eigenvalue weighted by Gasteiger charge is 2.21. The second-order valence-corrected chi connectivity index (χ2v) is 5.80. The van der Waals surface area contributed by atoms with Crippen LogP contribution in [0.3, 0.4) is 0 Å². The van der Waals surface area contributed by atoms with Gasteiger partial charge in [-0.2, -0.15) is 0 Å². The second kappa shape index (κ2) is 6.45. The summed E-state index contributed by atoms with van der Waals surface area (Å²) in [5.74, 6) is 0.540. The first-order chi connectivity index (χ1) is 9.97. The van der Waals surface area contributed by atoms with Crippen molar-refractivity contribution in [3.8, 4) is 0 Å². The number of nitrogen functional groups attached to an aromatic ring is 2. The standard InChI is InChI=1S/C14H17N5OS/c1-9(21-14-17-11(15)8-12(16)18-14)13(20)19(2)10-6-4-3-5-7-10/h3-9H,1-2H3,(H4,15,16,17,18)/t9-/m0/s1. The average molecular weight is 303 g/mol. The summed E-state index contributed by atoms with van der Waals surface area (Å²) in [4.78, 5) is 22.1. The molecule has 0 radical (unpaired) electrons. The molecule has 1 aromatic heterocycles. The molecule has 0 unspecified atom stereocenters. The highest BCUT2D eigenvalue weighted by Crippen LogP contribution is 2.24. The number of carbonyl (C=O) groups is 1. The first kappa shape index (κ1) is 15.1. The zero-order valence-corrected chi connectivity index (χ0v) is 12.7. The number of carbonyl (C=O) groups excluding carboxylic acids is 1. The van der Waals surface area contributed by atoms with Gasteiger partial charge in [0, 0.05) is 18.8 Å². The summed E-state index contributed by atoms with van der Waals surface area (Å²) >= 11 is 1.23. The van der Waals surface area contributed by atoms with E-state index in [0.717, 1.165) is 5.69 Å². The summed E-state index contributed by atoms with van der Waals surface area (Å²) < 4.78 is 0. The monoisotopic (exact) mass is 303 g/mol. The van der Waals surface area contributed by atoms with Gasteiger partial charge in [-0.25, -0.2) is 9.97 Å². The molecule has 0 aliphatic rings. The van der Waals surface area contributed by atoms with Gasteiger partial charge >= 0.3 is 0 Å². The average Bonchev–Trinajstić information content (AvgIpc) is 2.45. The van der Waals surface area contributed by atoms with Gasteiger partial charge in [-0.1, -0.05) is 30.0 Å². The fourth-order valence-corrected chi connectivity index (χ4v) is 2.67. The van der Waals surface area contributed by atoms with E-state index in [9.17, 15) is 4.79 Å². The lowest BCUT2D eigenvalue weighted by molar-refractivity contribution is -0.117. The summed E-state index contributed by atoms with van der Waals surface area (Å²) in [7, 11) is 1.74. The molecular weight excluding hydrogens is 286 g/mol. The Hall–Kier alpha value is -2.28. The first-order valence-corrected chi connectivity index (χ1v) is 7.24. The quantitative estimate of drug-likeness (QED) is 0.660. The molecule has 7 heteroatoms. The molecule has 0 saturated carbocycles. The number of para-hydroxylation sites is 1. The molecular formula is C14H17N5OS. The van der Waals surface area contributed by atoms with Gasteiger partial charge in [0.2, 0.25) is 5.91 Å². The number of amides is 1. The molecule has 2 rings (SSSR count). The molecule has 0 aliphatic heterocycles. The smallest absolute Gasteiger partial charge is 0.240 e. The van der Waals surface area contributed by atoms with Crippen molar-refractivity contribution in [1.82, 2.24) is 9.97 Å². The van der Waals surface area contributed by atoms with E-state index in [2.05, 4.69) is 9.97 Å². The Bertz CT molecular complexity index is 614. The minimum atomic E-state index is -0.351. The third kappa shape index (κ3) is 3.85. The summed E-state index contributed by atoms with van der Waals surface area (Å²) in [6.07, 6.45) is 0. The maximum absolute atomic E-state index is 12.4. The van der Waals surface area contributed by atoms with E-state index >= 15 is 0 Å². The van der Waals surface area contributed by atoms with E-state index in [4.69, 9.17) is 11.5 Å². The molecule has 1 amide bonds. The Balaban J connectivity index is 2.09. The minimum absolute atomic E-state index is 0.0456. The lowest BCUT2D eigenvalue weighted by atomic mass is 10.3. The van der Waals surface area contributed by atoms with Crippen LogP contribution in [0, 0.1) is 0 Å². The van der Waals surface area contributed by atoms with Crippen molar-refractivity contribution in [2.75, 3.05) is 23.4 Å². The molecule has 0 saturated heterocycles. The van der Waals surface area contributed by atoms with Crippen molar-refractivity contribution in [2.45, 2.75) is 17.3 Å². The van der Waals surface area contributed by atoms with Crippen molar-refractivity contribution in [3.63, 3.8) is 0 Å². The Morgan fingerprint density at radius 2 is 1.76 bits per heavy atom. The van der Waals surface area contributed by atoms with Gasteiger partial charge in [-0.3, -0.25) is 4.79 Å². The number of anilines is 3. The van der Waals surface area contributed by atoms with Crippen LogP contribution in [0.25, 0.3) is 0 Å². The van der Waals surface area contributed by atoms with E-state index < -0.39 is 0 Å². The second-order valence-electron chi connectivity index (χ2n) is 4.49. The number of hydrogen-bond acceptors (Lipinski definition) is 6. The van der Waals surface area contributed by atoms with Crippen LogP contribution in [0.4, 0.5) is 17.3 Å². The van der Waals surface area contributed by atoms with Gasteiger partial charge in [0.25, 0.3) is 0 Å². The summed E-state index contributed by atoms with van der Waals surface area (Å²) in [5.41, 5.74) is 12.1. The lowest BCUT2D eigenvalue weighted by Crippen LogP contribution is -2.33. The van der Waals surface area contributed by atoms with Gasteiger partial charge in [0.1, 0.15) is 11.6 Å². The molecule has 1 aromatic carbocycles. The van der Waals surface area contributed by atoms with Gasteiger partial charge in [-0.15, -0.1) is 0 Å². The van der Waals surface area contributed by atoms with Crippen LogP contribution in [0.15, 0.2) is 41.6 Å². The van der Waals surface area contributed by atoms with Crippen molar-refractivity contribution in [1.29, 1.82) is 0 Å². The molecule has 1 heterocycles. The van der Waals surface area contributed by atoms with Gasteiger partial charge in [0.15, 0.2) is 5.16 Å². The number of nitrogens with zero attached hydrogens (tertiary/aromatic N) is 3. The number of aromatic nitrogens is 2. The Morgan fingerprint density at radius 1 is 1.19 bits per heavy atom. The molecule has 2 aromatic rings. The molecule has 4 N–H and O–H groups in total. The maximum atomic E-state index is 12.4. The van der Waals surface area contributed by atoms with Crippen LogP contribution in [-0.2, 0) is 4.79 Å². The van der Waals surface area contributed by atoms with Crippen LogP contribution in [0.5, 0.6) is 0 Å². The zero-order chi connectivity index (χ0) is 15.4. The Morgan fingerprint density at radius 3 is 2.33 bits per heavy atom. The van der Waals surface area contributed by atoms with E-state index in [0.29, 0.717) is 16.8 Å². The van der Waals surface area contributed by atoms with E-state index in [1.54, 1.807) is 18.9 Å². The highest BCUT2D eigenvalue weighted by molar-refractivity contribution is 8.00. The molecule has 21 heavy (non-hydrogen) atoms. The number of thioether (sulfide) groups is 1. The van der Waals surface area contributed by atoms with Crippen molar-refractivity contribution in [3.05, 3.63) is 36.4 Å². The summed E-state index contributed by atoms with van der Waals surface area (Å²) in [6, 6.07) is 10.9. The van der Waals surface area contributed by atoms with Crippen LogP contribution >= 0.6 is 11.8 Å². The largest absolute Gasteiger partial charge is 0.383 e. The lowest BCUT2D eigenvalue weighted by Gasteiger charge is -2.20. The molecule has 1 atom stereocenters. The summed E-state index contributed by atoms with van der Waals surface area (Å²) in [5, 5.41) is 0.0474. The predicted octanol–water partition coefficient (Wildman–Crippen LogP) is 1.78. The normalized spacial score (nSPS) is 11.9. The minimum Gasteiger partial charge on any atom is -0.383 e.